The van der Waals surface area contributed by atoms with E-state index in [4.69, 9.17) is 0 Å². The Balaban J connectivity index is 2.50. The molecule has 0 saturated carbocycles. The van der Waals surface area contributed by atoms with Crippen LogP contribution >= 0.6 is 0 Å². The van der Waals surface area contributed by atoms with Gasteiger partial charge < -0.3 is 9.67 Å². The van der Waals surface area contributed by atoms with Crippen molar-refractivity contribution in [2.45, 2.75) is 26.5 Å². The first-order valence-corrected chi connectivity index (χ1v) is 4.76. The zero-order valence-electron chi connectivity index (χ0n) is 8.44. The van der Waals surface area contributed by atoms with Crippen molar-refractivity contribution in [3.63, 3.8) is 0 Å². The Labute approximate surface area is 83.0 Å². The third kappa shape index (κ3) is 1.63. The summed E-state index contributed by atoms with van der Waals surface area (Å²) in [6.07, 6.45) is 1.43. The normalized spacial score (nSPS) is 13.4. The van der Waals surface area contributed by atoms with Gasteiger partial charge in [0.1, 0.15) is 0 Å². The van der Waals surface area contributed by atoms with Gasteiger partial charge in [-0.05, 0) is 31.5 Å². The Kier molecular flexibility index (Phi) is 2.25. The van der Waals surface area contributed by atoms with Gasteiger partial charge in [0.2, 0.25) is 0 Å². The first-order valence-electron chi connectivity index (χ1n) is 4.76. The van der Waals surface area contributed by atoms with Crippen LogP contribution in [0.3, 0.4) is 0 Å². The van der Waals surface area contributed by atoms with Gasteiger partial charge in [0, 0.05) is 6.54 Å². The maximum atomic E-state index is 9.30. The summed E-state index contributed by atoms with van der Waals surface area (Å²) >= 11 is 0. The number of hydrogen-bond acceptors (Lipinski definition) is 2. The van der Waals surface area contributed by atoms with E-state index in [0.717, 1.165) is 11.0 Å². The largest absolute Gasteiger partial charge is 0.392 e. The highest BCUT2D eigenvalue weighted by Crippen LogP contribution is 2.14. The fraction of sp³-hybridized carbons (Fsp3) is 0.364. The van der Waals surface area contributed by atoms with Gasteiger partial charge in [-0.1, -0.05) is 6.07 Å². The van der Waals surface area contributed by atoms with Gasteiger partial charge in [0.25, 0.3) is 0 Å². The lowest BCUT2D eigenvalue weighted by molar-refractivity contribution is 0.175. The standard InChI is InChI=1S/C11H14N2O/c1-8-3-4-10-11(5-8)13(7-12-10)6-9(2)14/h3-5,7,9,14H,6H2,1-2H3. The van der Waals surface area contributed by atoms with Crippen molar-refractivity contribution in [1.29, 1.82) is 0 Å². The van der Waals surface area contributed by atoms with E-state index in [0.29, 0.717) is 6.54 Å². The van der Waals surface area contributed by atoms with E-state index in [1.807, 2.05) is 16.7 Å². The molecule has 3 nitrogen and oxygen atoms in total. The Bertz CT molecular complexity index is 445. The molecule has 1 heterocycles. The predicted molar refractivity (Wildman–Crippen MR) is 56.2 cm³/mol. The molecule has 0 aliphatic heterocycles. The Morgan fingerprint density at radius 3 is 3.00 bits per heavy atom. The molecule has 0 aliphatic carbocycles. The van der Waals surface area contributed by atoms with Crippen molar-refractivity contribution in [3.05, 3.63) is 30.1 Å². The van der Waals surface area contributed by atoms with Gasteiger partial charge in [-0.2, -0.15) is 0 Å². The number of aliphatic hydroxyl groups excluding tert-OH is 1. The lowest BCUT2D eigenvalue weighted by atomic mass is 10.2. The van der Waals surface area contributed by atoms with E-state index in [1.54, 1.807) is 13.3 Å². The molecule has 3 heteroatoms. The molecule has 0 spiro atoms. The second-order valence-electron chi connectivity index (χ2n) is 3.74. The number of fused-ring (bicyclic) bond motifs is 1. The molecule has 0 aliphatic rings. The van der Waals surface area contributed by atoms with Gasteiger partial charge in [-0.25, -0.2) is 4.98 Å². The lowest BCUT2D eigenvalue weighted by Gasteiger charge is -2.06. The number of aliphatic hydroxyl groups is 1. The molecular formula is C11H14N2O. The quantitative estimate of drug-likeness (QED) is 0.783. The molecule has 14 heavy (non-hydrogen) atoms. The zero-order valence-corrected chi connectivity index (χ0v) is 8.44. The molecule has 2 aromatic rings. The van der Waals surface area contributed by atoms with Gasteiger partial charge in [0.05, 0.1) is 23.5 Å². The van der Waals surface area contributed by atoms with Crippen LogP contribution in [0.2, 0.25) is 0 Å². The summed E-state index contributed by atoms with van der Waals surface area (Å²) in [5, 5.41) is 9.30. The topological polar surface area (TPSA) is 38.0 Å². The highest BCUT2D eigenvalue weighted by Gasteiger charge is 2.04. The molecule has 1 N–H and O–H groups in total. The maximum absolute atomic E-state index is 9.30. The maximum Gasteiger partial charge on any atom is 0.0959 e. The number of benzene rings is 1. The molecule has 0 radical (unpaired) electrons. The van der Waals surface area contributed by atoms with Crippen LogP contribution in [-0.4, -0.2) is 20.8 Å². The van der Waals surface area contributed by atoms with Gasteiger partial charge in [-0.3, -0.25) is 0 Å². The van der Waals surface area contributed by atoms with Crippen LogP contribution in [-0.2, 0) is 6.54 Å². The van der Waals surface area contributed by atoms with E-state index in [-0.39, 0.29) is 6.10 Å². The number of aryl methyl sites for hydroxylation is 1. The summed E-state index contributed by atoms with van der Waals surface area (Å²) in [7, 11) is 0. The van der Waals surface area contributed by atoms with Crippen molar-refractivity contribution in [3.8, 4) is 0 Å². The number of aromatic nitrogens is 2. The summed E-state index contributed by atoms with van der Waals surface area (Å²) < 4.78 is 1.98. The number of imidazole rings is 1. The third-order valence-corrected chi connectivity index (χ3v) is 2.24. The second-order valence-corrected chi connectivity index (χ2v) is 3.74. The summed E-state index contributed by atoms with van der Waals surface area (Å²) in [5.41, 5.74) is 3.28. The molecule has 0 amide bonds. The molecular weight excluding hydrogens is 176 g/mol. The van der Waals surface area contributed by atoms with Crippen LogP contribution in [0.4, 0.5) is 0 Å². The van der Waals surface area contributed by atoms with E-state index in [9.17, 15) is 5.11 Å². The van der Waals surface area contributed by atoms with E-state index >= 15 is 0 Å². The van der Waals surface area contributed by atoms with Crippen LogP contribution in [0, 0.1) is 6.92 Å². The SMILES string of the molecule is Cc1ccc2ncn(CC(C)O)c2c1. The van der Waals surface area contributed by atoms with Crippen molar-refractivity contribution < 1.29 is 5.11 Å². The summed E-state index contributed by atoms with van der Waals surface area (Å²) in [6.45, 7) is 4.43. The molecule has 1 aromatic heterocycles. The van der Waals surface area contributed by atoms with E-state index < -0.39 is 0 Å². The van der Waals surface area contributed by atoms with Crippen molar-refractivity contribution in [2.24, 2.45) is 0 Å². The number of nitrogens with zero attached hydrogens (tertiary/aromatic N) is 2. The van der Waals surface area contributed by atoms with Crippen molar-refractivity contribution in [2.75, 3.05) is 0 Å². The fourth-order valence-corrected chi connectivity index (χ4v) is 1.60. The van der Waals surface area contributed by atoms with Gasteiger partial charge >= 0.3 is 0 Å². The van der Waals surface area contributed by atoms with Crippen molar-refractivity contribution in [1.82, 2.24) is 9.55 Å². The average molecular weight is 190 g/mol. The smallest absolute Gasteiger partial charge is 0.0959 e. The Morgan fingerprint density at radius 2 is 2.29 bits per heavy atom. The minimum atomic E-state index is -0.340. The highest BCUT2D eigenvalue weighted by molar-refractivity contribution is 5.75. The molecule has 1 aromatic carbocycles. The summed E-state index contributed by atoms with van der Waals surface area (Å²) in [4.78, 5) is 4.26. The molecule has 74 valence electrons. The molecule has 0 saturated heterocycles. The summed E-state index contributed by atoms with van der Waals surface area (Å²) in [5.74, 6) is 0. The first-order chi connectivity index (χ1) is 6.66. The minimum absolute atomic E-state index is 0.340. The molecule has 2 rings (SSSR count). The second kappa shape index (κ2) is 3.42. The zero-order chi connectivity index (χ0) is 10.1. The monoisotopic (exact) mass is 190 g/mol. The third-order valence-electron chi connectivity index (χ3n) is 2.24. The average Bonchev–Trinajstić information content (AvgIpc) is 2.47. The van der Waals surface area contributed by atoms with Gasteiger partial charge in [-0.15, -0.1) is 0 Å². The molecule has 0 fully saturated rings. The number of rotatable bonds is 2. The van der Waals surface area contributed by atoms with Crippen LogP contribution in [0.5, 0.6) is 0 Å². The molecule has 0 bridgehead atoms. The molecule has 1 atom stereocenters. The fourth-order valence-electron chi connectivity index (χ4n) is 1.60. The minimum Gasteiger partial charge on any atom is -0.392 e. The Morgan fingerprint density at radius 1 is 1.50 bits per heavy atom. The van der Waals surface area contributed by atoms with Crippen LogP contribution < -0.4 is 0 Å². The summed E-state index contributed by atoms with van der Waals surface area (Å²) in [6, 6.07) is 6.13. The van der Waals surface area contributed by atoms with Crippen LogP contribution in [0.15, 0.2) is 24.5 Å². The first kappa shape index (κ1) is 9.21. The van der Waals surface area contributed by atoms with Crippen LogP contribution in [0.1, 0.15) is 12.5 Å². The van der Waals surface area contributed by atoms with Gasteiger partial charge in [0.15, 0.2) is 0 Å². The van der Waals surface area contributed by atoms with E-state index in [1.165, 1.54) is 5.56 Å². The van der Waals surface area contributed by atoms with Crippen LogP contribution in [0.25, 0.3) is 11.0 Å². The highest BCUT2D eigenvalue weighted by atomic mass is 16.3. The van der Waals surface area contributed by atoms with Crippen molar-refractivity contribution >= 4 is 11.0 Å². The predicted octanol–water partition coefficient (Wildman–Crippen LogP) is 1.73. The molecule has 1 unspecified atom stereocenters. The lowest BCUT2D eigenvalue weighted by Crippen LogP contribution is -2.10. The Hall–Kier alpha value is -1.35. The van der Waals surface area contributed by atoms with E-state index in [2.05, 4.69) is 18.0 Å². The number of hydrogen-bond donors (Lipinski definition) is 1.